The van der Waals surface area contributed by atoms with Gasteiger partial charge in [0.15, 0.2) is 6.61 Å². The second-order valence-corrected chi connectivity index (χ2v) is 7.41. The first-order chi connectivity index (χ1) is 13.8. The van der Waals surface area contributed by atoms with Crippen molar-refractivity contribution in [3.8, 4) is 17.7 Å². The number of ketones is 1. The lowest BCUT2D eigenvalue weighted by Crippen LogP contribution is -2.27. The van der Waals surface area contributed by atoms with Crippen LogP contribution in [0, 0.1) is 18.3 Å². The lowest BCUT2D eigenvalue weighted by Gasteiger charge is -2.16. The smallest absolute Gasteiger partial charge is 0.271 e. The molecule has 0 atom stereocenters. The van der Waals surface area contributed by atoms with E-state index in [1.54, 1.807) is 12.1 Å². The summed E-state index contributed by atoms with van der Waals surface area (Å²) in [5, 5.41) is 20.0. The van der Waals surface area contributed by atoms with Gasteiger partial charge in [0.2, 0.25) is 11.7 Å². The Morgan fingerprint density at radius 2 is 1.90 bits per heavy atom. The van der Waals surface area contributed by atoms with Crippen molar-refractivity contribution >= 4 is 5.78 Å². The molecule has 1 heterocycles. The quantitative estimate of drug-likeness (QED) is 0.504. The molecule has 29 heavy (non-hydrogen) atoms. The van der Waals surface area contributed by atoms with E-state index in [1.807, 2.05) is 25.1 Å². The number of pyridine rings is 1. The maximum Gasteiger partial charge on any atom is 0.271 e. The van der Waals surface area contributed by atoms with E-state index in [9.17, 15) is 20.0 Å². The van der Waals surface area contributed by atoms with Crippen LogP contribution in [0.1, 0.15) is 73.0 Å². The van der Waals surface area contributed by atoms with Crippen molar-refractivity contribution in [2.24, 2.45) is 0 Å². The maximum atomic E-state index is 12.8. The summed E-state index contributed by atoms with van der Waals surface area (Å²) in [6.45, 7) is 7.66. The minimum absolute atomic E-state index is 0.0311. The molecular formula is C23H28N2O4. The maximum absolute atomic E-state index is 12.8. The van der Waals surface area contributed by atoms with Crippen molar-refractivity contribution in [3.63, 3.8) is 0 Å². The standard InChI is InChI=1S/C23H28N2O4/c1-5-6-7-12-25-22(27)19(13-24)16(4)21(23(25)28)20(26)14-29-18-10-8-17(9-11-18)15(2)3/h8-11,15,28H,5-7,12,14H2,1-4H3. The minimum Gasteiger partial charge on any atom is -0.494 e. The monoisotopic (exact) mass is 396 g/mol. The summed E-state index contributed by atoms with van der Waals surface area (Å²) in [5.74, 6) is 0.0557. The largest absolute Gasteiger partial charge is 0.494 e. The van der Waals surface area contributed by atoms with Crippen molar-refractivity contribution in [3.05, 3.63) is 56.9 Å². The van der Waals surface area contributed by atoms with Crippen LogP contribution in [0.2, 0.25) is 0 Å². The van der Waals surface area contributed by atoms with Crippen LogP contribution in [0.15, 0.2) is 29.1 Å². The number of hydrogen-bond acceptors (Lipinski definition) is 5. The molecule has 1 N–H and O–H groups in total. The van der Waals surface area contributed by atoms with Gasteiger partial charge in [0, 0.05) is 6.54 Å². The third-order valence-electron chi connectivity index (χ3n) is 4.98. The number of benzene rings is 1. The average molecular weight is 396 g/mol. The third-order valence-corrected chi connectivity index (χ3v) is 4.98. The van der Waals surface area contributed by atoms with Gasteiger partial charge in [0.05, 0.1) is 5.56 Å². The highest BCUT2D eigenvalue weighted by Gasteiger charge is 2.24. The van der Waals surface area contributed by atoms with Crippen LogP contribution >= 0.6 is 0 Å². The fraction of sp³-hybridized carbons (Fsp3) is 0.435. The molecule has 1 aromatic carbocycles. The Kier molecular flexibility index (Phi) is 7.60. The van der Waals surface area contributed by atoms with E-state index >= 15 is 0 Å². The second kappa shape index (κ2) is 9.92. The Balaban J connectivity index is 2.29. The number of carbonyl (C=O) groups is 1. The molecule has 0 radical (unpaired) electrons. The van der Waals surface area contributed by atoms with E-state index in [0.29, 0.717) is 18.1 Å². The molecule has 2 aromatic rings. The molecule has 0 bridgehead atoms. The van der Waals surface area contributed by atoms with Crippen LogP contribution in [0.25, 0.3) is 0 Å². The zero-order valence-electron chi connectivity index (χ0n) is 17.5. The highest BCUT2D eigenvalue weighted by Crippen LogP contribution is 2.24. The normalized spacial score (nSPS) is 10.8. The zero-order chi connectivity index (χ0) is 21.6. The number of carbonyl (C=O) groups excluding carboxylic acids is 1. The second-order valence-electron chi connectivity index (χ2n) is 7.41. The highest BCUT2D eigenvalue weighted by atomic mass is 16.5. The van der Waals surface area contributed by atoms with Crippen LogP contribution in [-0.2, 0) is 6.54 Å². The van der Waals surface area contributed by atoms with Gasteiger partial charge in [-0.2, -0.15) is 5.26 Å². The number of unbranched alkanes of at least 4 members (excludes halogenated alkanes) is 2. The van der Waals surface area contributed by atoms with E-state index in [0.717, 1.165) is 23.0 Å². The number of aromatic nitrogens is 1. The van der Waals surface area contributed by atoms with Gasteiger partial charge in [-0.3, -0.25) is 14.2 Å². The van der Waals surface area contributed by atoms with E-state index < -0.39 is 17.2 Å². The van der Waals surface area contributed by atoms with Crippen LogP contribution < -0.4 is 10.3 Å². The molecule has 0 aliphatic rings. The number of hydrogen-bond donors (Lipinski definition) is 1. The first kappa shape index (κ1) is 22.2. The lowest BCUT2D eigenvalue weighted by atomic mass is 10.0. The van der Waals surface area contributed by atoms with Gasteiger partial charge in [-0.1, -0.05) is 45.7 Å². The molecule has 0 unspecified atom stereocenters. The summed E-state index contributed by atoms with van der Waals surface area (Å²) in [7, 11) is 0. The molecule has 1 aromatic heterocycles. The number of ether oxygens (including phenoxy) is 1. The Morgan fingerprint density at radius 1 is 1.24 bits per heavy atom. The molecule has 0 saturated heterocycles. The first-order valence-electron chi connectivity index (χ1n) is 9.94. The van der Waals surface area contributed by atoms with Gasteiger partial charge in [-0.15, -0.1) is 0 Å². The molecule has 0 aliphatic carbocycles. The average Bonchev–Trinajstić information content (AvgIpc) is 2.69. The summed E-state index contributed by atoms with van der Waals surface area (Å²) in [6, 6.07) is 9.34. The minimum atomic E-state index is -0.569. The van der Waals surface area contributed by atoms with Gasteiger partial charge in [-0.25, -0.2) is 0 Å². The van der Waals surface area contributed by atoms with E-state index in [4.69, 9.17) is 4.74 Å². The number of nitrogens with zero attached hydrogens (tertiary/aromatic N) is 2. The zero-order valence-corrected chi connectivity index (χ0v) is 17.5. The van der Waals surface area contributed by atoms with Gasteiger partial charge >= 0.3 is 0 Å². The van der Waals surface area contributed by atoms with Crippen LogP contribution in [0.3, 0.4) is 0 Å². The summed E-state index contributed by atoms with van der Waals surface area (Å²) in [6.07, 6.45) is 2.49. The summed E-state index contributed by atoms with van der Waals surface area (Å²) < 4.78 is 6.70. The topological polar surface area (TPSA) is 92.3 Å². The van der Waals surface area contributed by atoms with E-state index in [-0.39, 0.29) is 29.8 Å². The first-order valence-corrected chi connectivity index (χ1v) is 9.94. The fourth-order valence-electron chi connectivity index (χ4n) is 3.18. The molecule has 154 valence electrons. The van der Waals surface area contributed by atoms with Gasteiger partial charge < -0.3 is 9.84 Å². The Labute approximate surface area is 171 Å². The Bertz CT molecular complexity index is 966. The fourth-order valence-corrected chi connectivity index (χ4v) is 3.18. The van der Waals surface area contributed by atoms with E-state index in [2.05, 4.69) is 13.8 Å². The predicted molar refractivity (Wildman–Crippen MR) is 112 cm³/mol. The highest BCUT2D eigenvalue weighted by molar-refractivity contribution is 6.01. The van der Waals surface area contributed by atoms with E-state index in [1.165, 1.54) is 6.92 Å². The SMILES string of the molecule is CCCCCn1c(O)c(C(=O)COc2ccc(C(C)C)cc2)c(C)c(C#N)c1=O. The van der Waals surface area contributed by atoms with Crippen LogP contribution in [-0.4, -0.2) is 22.1 Å². The molecule has 6 heteroatoms. The van der Waals surface area contributed by atoms with Crippen molar-refractivity contribution in [2.45, 2.75) is 59.4 Å². The van der Waals surface area contributed by atoms with Gasteiger partial charge in [-0.05, 0) is 42.5 Å². The number of rotatable bonds is 9. The third kappa shape index (κ3) is 5.05. The summed E-state index contributed by atoms with van der Waals surface area (Å²) in [5.41, 5.74) is 0.626. The molecule has 2 rings (SSSR count). The van der Waals surface area contributed by atoms with Crippen molar-refractivity contribution < 1.29 is 14.6 Å². The van der Waals surface area contributed by atoms with Crippen LogP contribution in [0.4, 0.5) is 0 Å². The summed E-state index contributed by atoms with van der Waals surface area (Å²) in [4.78, 5) is 25.3. The van der Waals surface area contributed by atoms with Crippen molar-refractivity contribution in [1.82, 2.24) is 4.57 Å². The van der Waals surface area contributed by atoms with Crippen LogP contribution in [0.5, 0.6) is 11.6 Å². The number of nitriles is 1. The molecule has 6 nitrogen and oxygen atoms in total. The summed E-state index contributed by atoms with van der Waals surface area (Å²) >= 11 is 0. The molecule has 0 saturated carbocycles. The molecule has 0 spiro atoms. The molecule has 0 aliphatic heterocycles. The Hall–Kier alpha value is -3.07. The van der Waals surface area contributed by atoms with Crippen molar-refractivity contribution in [1.29, 1.82) is 5.26 Å². The number of aromatic hydroxyl groups is 1. The number of Topliss-reactive ketones (excluding diaryl/α,β-unsaturated/α-hetero) is 1. The Morgan fingerprint density at radius 3 is 2.45 bits per heavy atom. The predicted octanol–water partition coefficient (Wildman–Crippen LogP) is 4.31. The van der Waals surface area contributed by atoms with Gasteiger partial charge in [0.25, 0.3) is 5.56 Å². The molecule has 0 amide bonds. The van der Waals surface area contributed by atoms with Gasteiger partial charge in [0.1, 0.15) is 17.4 Å². The van der Waals surface area contributed by atoms with Crippen molar-refractivity contribution in [2.75, 3.05) is 6.61 Å². The molecule has 0 fully saturated rings. The molecular weight excluding hydrogens is 368 g/mol. The lowest BCUT2D eigenvalue weighted by molar-refractivity contribution is 0.0916.